The van der Waals surface area contributed by atoms with Crippen molar-refractivity contribution in [1.82, 2.24) is 0 Å². The van der Waals surface area contributed by atoms with Crippen molar-refractivity contribution in [3.63, 3.8) is 0 Å². The minimum absolute atomic E-state index is 0.00207. The highest BCUT2D eigenvalue weighted by Gasteiger charge is 2.08. The first-order chi connectivity index (χ1) is 8.66. The summed E-state index contributed by atoms with van der Waals surface area (Å²) in [5.41, 5.74) is 7.95. The predicted octanol–water partition coefficient (Wildman–Crippen LogP) is 2.79. The Morgan fingerprint density at radius 2 is 1.89 bits per heavy atom. The van der Waals surface area contributed by atoms with E-state index in [0.717, 1.165) is 5.56 Å². The summed E-state index contributed by atoms with van der Waals surface area (Å²) in [6, 6.07) is 14.3. The van der Waals surface area contributed by atoms with E-state index in [1.54, 1.807) is 6.07 Å². The molecule has 2 rings (SSSR count). The molecule has 18 heavy (non-hydrogen) atoms. The van der Waals surface area contributed by atoms with E-state index in [9.17, 15) is 10.1 Å². The summed E-state index contributed by atoms with van der Waals surface area (Å²) in [7, 11) is 0. The van der Waals surface area contributed by atoms with E-state index >= 15 is 0 Å². The van der Waals surface area contributed by atoms with Crippen molar-refractivity contribution in [2.75, 3.05) is 11.1 Å². The number of rotatable bonds is 4. The van der Waals surface area contributed by atoms with Crippen LogP contribution in [0.2, 0.25) is 0 Å². The summed E-state index contributed by atoms with van der Waals surface area (Å²) in [6.45, 7) is 0.628. The number of hydrogen-bond acceptors (Lipinski definition) is 4. The Bertz CT molecular complexity index is 555. The van der Waals surface area contributed by atoms with E-state index in [0.29, 0.717) is 17.9 Å². The first kappa shape index (κ1) is 11.9. The molecule has 0 fully saturated rings. The Kier molecular flexibility index (Phi) is 3.43. The lowest BCUT2D eigenvalue weighted by Gasteiger charge is -2.09. The summed E-state index contributed by atoms with van der Waals surface area (Å²) in [5.74, 6) is 0. The molecule has 2 aromatic rings. The lowest BCUT2D eigenvalue weighted by Crippen LogP contribution is -2.02. The maximum atomic E-state index is 10.6. The van der Waals surface area contributed by atoms with E-state index in [4.69, 9.17) is 5.73 Å². The predicted molar refractivity (Wildman–Crippen MR) is 71.3 cm³/mol. The fourth-order valence-electron chi connectivity index (χ4n) is 1.62. The highest BCUT2D eigenvalue weighted by atomic mass is 16.6. The zero-order valence-corrected chi connectivity index (χ0v) is 9.67. The van der Waals surface area contributed by atoms with Crippen molar-refractivity contribution in [2.45, 2.75) is 6.54 Å². The number of non-ortho nitro benzene ring substituents is 1. The fourth-order valence-corrected chi connectivity index (χ4v) is 1.62. The van der Waals surface area contributed by atoms with E-state index in [2.05, 4.69) is 5.32 Å². The van der Waals surface area contributed by atoms with Crippen LogP contribution < -0.4 is 11.1 Å². The van der Waals surface area contributed by atoms with Gasteiger partial charge in [-0.15, -0.1) is 0 Å². The van der Waals surface area contributed by atoms with Crippen LogP contribution in [-0.4, -0.2) is 4.92 Å². The molecule has 0 unspecified atom stereocenters. The van der Waals surface area contributed by atoms with Crippen molar-refractivity contribution in [3.05, 3.63) is 64.2 Å². The van der Waals surface area contributed by atoms with Crippen LogP contribution in [0.1, 0.15) is 5.56 Å². The van der Waals surface area contributed by atoms with Gasteiger partial charge in [0.15, 0.2) is 0 Å². The number of nitro benzene ring substituents is 1. The first-order valence-corrected chi connectivity index (χ1v) is 5.48. The van der Waals surface area contributed by atoms with Crippen molar-refractivity contribution < 1.29 is 4.92 Å². The Hall–Kier alpha value is -2.56. The molecule has 5 heteroatoms. The average molecular weight is 243 g/mol. The summed E-state index contributed by atoms with van der Waals surface area (Å²) in [4.78, 5) is 10.1. The Morgan fingerprint density at radius 3 is 2.50 bits per heavy atom. The first-order valence-electron chi connectivity index (χ1n) is 5.48. The second-order valence-electron chi connectivity index (χ2n) is 3.87. The van der Waals surface area contributed by atoms with Crippen LogP contribution in [0.5, 0.6) is 0 Å². The zero-order valence-electron chi connectivity index (χ0n) is 9.67. The number of nitrogens with zero attached hydrogens (tertiary/aromatic N) is 1. The van der Waals surface area contributed by atoms with Gasteiger partial charge in [-0.25, -0.2) is 0 Å². The third kappa shape index (κ3) is 2.76. The summed E-state index contributed by atoms with van der Waals surface area (Å²) in [6.07, 6.45) is 0. The van der Waals surface area contributed by atoms with Gasteiger partial charge in [-0.3, -0.25) is 10.1 Å². The molecule has 92 valence electrons. The largest absolute Gasteiger partial charge is 0.397 e. The molecule has 0 aliphatic rings. The van der Waals surface area contributed by atoms with Crippen LogP contribution in [0.4, 0.5) is 17.1 Å². The lowest BCUT2D eigenvalue weighted by atomic mass is 10.2. The van der Waals surface area contributed by atoms with E-state index in [1.807, 2.05) is 30.3 Å². The number of hydrogen-bond donors (Lipinski definition) is 2. The highest BCUT2D eigenvalue weighted by molar-refractivity contribution is 5.69. The Labute approximate surface area is 104 Å². The number of anilines is 2. The molecular weight excluding hydrogens is 230 g/mol. The minimum Gasteiger partial charge on any atom is -0.397 e. The van der Waals surface area contributed by atoms with Crippen LogP contribution in [0.3, 0.4) is 0 Å². The number of benzene rings is 2. The van der Waals surface area contributed by atoms with Gasteiger partial charge in [0.2, 0.25) is 0 Å². The summed E-state index contributed by atoms with van der Waals surface area (Å²) in [5, 5.41) is 13.7. The number of nitrogen functional groups attached to an aromatic ring is 1. The van der Waals surface area contributed by atoms with Gasteiger partial charge in [-0.1, -0.05) is 30.3 Å². The van der Waals surface area contributed by atoms with Crippen molar-refractivity contribution in [2.24, 2.45) is 0 Å². The smallest absolute Gasteiger partial charge is 0.271 e. The second kappa shape index (κ2) is 5.18. The van der Waals surface area contributed by atoms with Gasteiger partial charge in [0.05, 0.1) is 16.3 Å². The number of nitrogens with one attached hydrogen (secondary N) is 1. The van der Waals surface area contributed by atoms with Gasteiger partial charge in [0.1, 0.15) is 0 Å². The molecule has 5 nitrogen and oxygen atoms in total. The molecule has 0 radical (unpaired) electrons. The molecule has 0 aromatic heterocycles. The summed E-state index contributed by atoms with van der Waals surface area (Å²) < 4.78 is 0. The SMILES string of the molecule is Nc1cc([N+](=O)[O-])ccc1NCc1ccccc1. The van der Waals surface area contributed by atoms with Crippen molar-refractivity contribution in [1.29, 1.82) is 0 Å². The number of nitrogens with two attached hydrogens (primary N) is 1. The zero-order chi connectivity index (χ0) is 13.0. The van der Waals surface area contributed by atoms with Crippen molar-refractivity contribution in [3.8, 4) is 0 Å². The monoisotopic (exact) mass is 243 g/mol. The van der Waals surface area contributed by atoms with Gasteiger partial charge in [0.25, 0.3) is 5.69 Å². The molecule has 3 N–H and O–H groups in total. The van der Waals surface area contributed by atoms with Gasteiger partial charge >= 0.3 is 0 Å². The van der Waals surface area contributed by atoms with Crippen LogP contribution in [0.15, 0.2) is 48.5 Å². The molecule has 2 aromatic carbocycles. The van der Waals surface area contributed by atoms with Gasteiger partial charge in [0, 0.05) is 18.7 Å². The minimum atomic E-state index is -0.461. The van der Waals surface area contributed by atoms with Gasteiger partial charge < -0.3 is 11.1 Å². The standard InChI is InChI=1S/C13H13N3O2/c14-12-8-11(16(17)18)6-7-13(12)15-9-10-4-2-1-3-5-10/h1-8,15H,9,14H2. The molecule has 0 atom stereocenters. The number of nitro groups is 1. The molecule has 0 amide bonds. The molecule has 0 spiro atoms. The third-order valence-electron chi connectivity index (χ3n) is 2.57. The molecule has 0 saturated heterocycles. The molecule has 0 bridgehead atoms. The second-order valence-corrected chi connectivity index (χ2v) is 3.87. The Morgan fingerprint density at radius 1 is 1.17 bits per heavy atom. The maximum Gasteiger partial charge on any atom is 0.271 e. The highest BCUT2D eigenvalue weighted by Crippen LogP contribution is 2.24. The average Bonchev–Trinajstić information content (AvgIpc) is 2.38. The van der Waals surface area contributed by atoms with Crippen molar-refractivity contribution >= 4 is 17.1 Å². The third-order valence-corrected chi connectivity index (χ3v) is 2.57. The normalized spacial score (nSPS) is 10.0. The van der Waals surface area contributed by atoms with E-state index < -0.39 is 4.92 Å². The molecule has 0 saturated carbocycles. The van der Waals surface area contributed by atoms with Crippen LogP contribution in [0, 0.1) is 10.1 Å². The maximum absolute atomic E-state index is 10.6. The lowest BCUT2D eigenvalue weighted by molar-refractivity contribution is -0.384. The molecule has 0 heterocycles. The Balaban J connectivity index is 2.08. The van der Waals surface area contributed by atoms with Gasteiger partial charge in [-0.05, 0) is 11.6 Å². The quantitative estimate of drug-likeness (QED) is 0.491. The topological polar surface area (TPSA) is 81.2 Å². The molecule has 0 aliphatic carbocycles. The van der Waals surface area contributed by atoms with E-state index in [1.165, 1.54) is 12.1 Å². The molecule has 0 aliphatic heterocycles. The van der Waals surface area contributed by atoms with Gasteiger partial charge in [-0.2, -0.15) is 0 Å². The van der Waals surface area contributed by atoms with Crippen LogP contribution >= 0.6 is 0 Å². The van der Waals surface area contributed by atoms with Crippen LogP contribution in [0.25, 0.3) is 0 Å². The fraction of sp³-hybridized carbons (Fsp3) is 0.0769. The van der Waals surface area contributed by atoms with E-state index in [-0.39, 0.29) is 5.69 Å². The van der Waals surface area contributed by atoms with Crippen LogP contribution in [-0.2, 0) is 6.54 Å². The molecular formula is C13H13N3O2. The summed E-state index contributed by atoms with van der Waals surface area (Å²) >= 11 is 0.